The molecule has 1 aliphatic rings. The molecule has 138 valence electrons. The van der Waals surface area contributed by atoms with Crippen molar-refractivity contribution in [3.63, 3.8) is 0 Å². The number of hydrogen-bond donors (Lipinski definition) is 1. The van der Waals surface area contributed by atoms with Crippen molar-refractivity contribution in [2.45, 2.75) is 45.1 Å². The van der Waals surface area contributed by atoms with Crippen LogP contribution in [-0.2, 0) is 0 Å². The Morgan fingerprint density at radius 2 is 2.00 bits per heavy atom. The molecule has 26 heavy (non-hydrogen) atoms. The first-order valence-corrected chi connectivity index (χ1v) is 8.84. The zero-order valence-electron chi connectivity index (χ0n) is 14.7. The third-order valence-corrected chi connectivity index (χ3v) is 4.24. The van der Waals surface area contributed by atoms with Crippen LogP contribution in [0.1, 0.15) is 39.0 Å². The van der Waals surface area contributed by atoms with E-state index in [1.54, 1.807) is 12.1 Å². The molecule has 2 aromatic rings. The summed E-state index contributed by atoms with van der Waals surface area (Å²) in [6.07, 6.45) is 6.31. The van der Waals surface area contributed by atoms with Crippen molar-refractivity contribution >= 4 is 17.2 Å². The van der Waals surface area contributed by atoms with E-state index in [-0.39, 0.29) is 23.5 Å². The number of ether oxygens (including phenoxy) is 2. The summed E-state index contributed by atoms with van der Waals surface area (Å²) >= 11 is 0. The van der Waals surface area contributed by atoms with Crippen molar-refractivity contribution in [3.05, 3.63) is 40.7 Å². The van der Waals surface area contributed by atoms with Gasteiger partial charge in [-0.25, -0.2) is 4.98 Å². The van der Waals surface area contributed by atoms with Crippen LogP contribution in [0.3, 0.4) is 0 Å². The summed E-state index contributed by atoms with van der Waals surface area (Å²) in [6.45, 7) is 2.36. The second-order valence-electron chi connectivity index (χ2n) is 6.07. The van der Waals surface area contributed by atoms with Gasteiger partial charge in [0.05, 0.1) is 17.2 Å². The lowest BCUT2D eigenvalue weighted by Crippen LogP contribution is -2.21. The summed E-state index contributed by atoms with van der Waals surface area (Å²) in [5.41, 5.74) is 0.337. The molecule has 8 nitrogen and oxygen atoms in total. The highest BCUT2D eigenvalue weighted by Crippen LogP contribution is 2.36. The average molecular weight is 358 g/mol. The van der Waals surface area contributed by atoms with Gasteiger partial charge in [0.15, 0.2) is 0 Å². The van der Waals surface area contributed by atoms with E-state index in [0.29, 0.717) is 18.0 Å². The van der Waals surface area contributed by atoms with Crippen molar-refractivity contribution < 1.29 is 14.4 Å². The first-order valence-electron chi connectivity index (χ1n) is 8.84. The first kappa shape index (κ1) is 17.9. The lowest BCUT2D eigenvalue weighted by atomic mass is 9.98. The van der Waals surface area contributed by atoms with Crippen molar-refractivity contribution in [2.24, 2.45) is 0 Å². The first-order chi connectivity index (χ1) is 12.7. The minimum absolute atomic E-state index is 0.00768. The number of nitrogens with zero attached hydrogens (tertiary/aromatic N) is 3. The van der Waals surface area contributed by atoms with Crippen LogP contribution in [0.4, 0.5) is 17.2 Å². The van der Waals surface area contributed by atoms with E-state index in [1.807, 2.05) is 19.1 Å². The highest BCUT2D eigenvalue weighted by molar-refractivity contribution is 5.71. The van der Waals surface area contributed by atoms with Crippen LogP contribution in [0.15, 0.2) is 30.6 Å². The van der Waals surface area contributed by atoms with Crippen molar-refractivity contribution in [3.8, 4) is 11.6 Å². The molecule has 0 atom stereocenters. The number of benzene rings is 1. The van der Waals surface area contributed by atoms with Gasteiger partial charge in [-0.3, -0.25) is 10.1 Å². The van der Waals surface area contributed by atoms with Crippen LogP contribution in [0.2, 0.25) is 0 Å². The molecule has 1 saturated carbocycles. The maximum absolute atomic E-state index is 11.7. The van der Waals surface area contributed by atoms with Crippen LogP contribution < -0.4 is 14.8 Å². The number of nitrogens with one attached hydrogen (secondary N) is 1. The monoisotopic (exact) mass is 358 g/mol. The van der Waals surface area contributed by atoms with Crippen LogP contribution >= 0.6 is 0 Å². The maximum Gasteiger partial charge on any atom is 0.373 e. The molecule has 1 heterocycles. The highest BCUT2D eigenvalue weighted by Gasteiger charge is 2.28. The summed E-state index contributed by atoms with van der Waals surface area (Å²) in [4.78, 5) is 19.2. The topological polar surface area (TPSA) is 99.4 Å². The van der Waals surface area contributed by atoms with Gasteiger partial charge in [-0.05, 0) is 44.7 Å². The van der Waals surface area contributed by atoms with Gasteiger partial charge in [0.1, 0.15) is 18.2 Å². The molecule has 0 unspecified atom stereocenters. The molecule has 8 heteroatoms. The minimum Gasteiger partial charge on any atom is -0.492 e. The smallest absolute Gasteiger partial charge is 0.373 e. The fourth-order valence-corrected chi connectivity index (χ4v) is 3.02. The maximum atomic E-state index is 11.7. The van der Waals surface area contributed by atoms with E-state index in [0.717, 1.165) is 25.7 Å². The molecule has 0 spiro atoms. The highest BCUT2D eigenvalue weighted by atomic mass is 16.6. The lowest BCUT2D eigenvalue weighted by Gasteiger charge is -2.22. The van der Waals surface area contributed by atoms with Gasteiger partial charge in [0.2, 0.25) is 5.82 Å². The molecule has 0 bridgehead atoms. The Morgan fingerprint density at radius 3 is 2.73 bits per heavy atom. The summed E-state index contributed by atoms with van der Waals surface area (Å²) in [5, 5.41) is 14.6. The number of aromatic nitrogens is 2. The largest absolute Gasteiger partial charge is 0.492 e. The van der Waals surface area contributed by atoms with Gasteiger partial charge in [-0.2, -0.15) is 4.98 Å². The third-order valence-electron chi connectivity index (χ3n) is 4.24. The molecular formula is C18H22N4O4. The molecule has 1 aromatic carbocycles. The van der Waals surface area contributed by atoms with Gasteiger partial charge < -0.3 is 14.8 Å². The molecule has 1 fully saturated rings. The van der Waals surface area contributed by atoms with Crippen molar-refractivity contribution in [1.82, 2.24) is 9.97 Å². The minimum atomic E-state index is -0.510. The van der Waals surface area contributed by atoms with Gasteiger partial charge >= 0.3 is 5.69 Å². The summed E-state index contributed by atoms with van der Waals surface area (Å²) in [5.74, 6) is 0.689. The quantitative estimate of drug-likeness (QED) is 0.583. The number of hydrogen-bond acceptors (Lipinski definition) is 7. The second-order valence-corrected chi connectivity index (χ2v) is 6.07. The zero-order valence-corrected chi connectivity index (χ0v) is 14.7. The van der Waals surface area contributed by atoms with E-state index in [1.165, 1.54) is 12.7 Å². The Morgan fingerprint density at radius 1 is 1.23 bits per heavy atom. The number of rotatable bonds is 7. The van der Waals surface area contributed by atoms with Crippen LogP contribution in [0.25, 0.3) is 0 Å². The van der Waals surface area contributed by atoms with Gasteiger partial charge in [0.25, 0.3) is 5.88 Å². The van der Waals surface area contributed by atoms with Crippen molar-refractivity contribution in [2.75, 3.05) is 11.9 Å². The van der Waals surface area contributed by atoms with Crippen LogP contribution in [-0.4, -0.2) is 27.6 Å². The molecule has 0 amide bonds. The second kappa shape index (κ2) is 8.46. The van der Waals surface area contributed by atoms with Gasteiger partial charge in [0, 0.05) is 0 Å². The Bertz CT molecular complexity index is 763. The van der Waals surface area contributed by atoms with Gasteiger partial charge in [-0.15, -0.1) is 0 Å². The third kappa shape index (κ3) is 4.19. The van der Waals surface area contributed by atoms with E-state index in [9.17, 15) is 10.1 Å². The Labute approximate surface area is 151 Å². The number of anilines is 2. The SMILES string of the molecule is CCOc1ccccc1Nc1ncnc(OC2CCCCC2)c1[N+](=O)[O-]. The summed E-state index contributed by atoms with van der Waals surface area (Å²) in [7, 11) is 0. The Balaban J connectivity index is 1.89. The van der Waals surface area contributed by atoms with Crippen LogP contribution in [0.5, 0.6) is 11.6 Å². The molecular weight excluding hydrogens is 336 g/mol. The van der Waals surface area contributed by atoms with Crippen molar-refractivity contribution in [1.29, 1.82) is 0 Å². The average Bonchev–Trinajstić information content (AvgIpc) is 2.64. The molecule has 1 N–H and O–H groups in total. The van der Waals surface area contributed by atoms with Gasteiger partial charge in [-0.1, -0.05) is 18.6 Å². The normalized spacial score (nSPS) is 14.7. The number of nitro groups is 1. The van der Waals surface area contributed by atoms with E-state index >= 15 is 0 Å². The Hall–Kier alpha value is -2.90. The predicted octanol–water partition coefficient (Wildman–Crippen LogP) is 4.24. The molecule has 3 rings (SSSR count). The molecule has 1 aromatic heterocycles. The lowest BCUT2D eigenvalue weighted by molar-refractivity contribution is -0.385. The number of para-hydroxylation sites is 2. The fourth-order valence-electron chi connectivity index (χ4n) is 3.02. The fraction of sp³-hybridized carbons (Fsp3) is 0.444. The molecule has 0 saturated heterocycles. The predicted molar refractivity (Wildman–Crippen MR) is 97.1 cm³/mol. The Kier molecular flexibility index (Phi) is 5.83. The zero-order chi connectivity index (χ0) is 18.4. The summed E-state index contributed by atoms with van der Waals surface area (Å²) < 4.78 is 11.4. The molecule has 0 aliphatic heterocycles. The standard InChI is InChI=1S/C18H22N4O4/c1-2-25-15-11-7-6-10-14(15)21-17-16(22(23)24)18(20-12-19-17)26-13-8-4-3-5-9-13/h6-7,10-13H,2-5,8-9H2,1H3,(H,19,20,21). The van der Waals surface area contributed by atoms with Crippen LogP contribution in [0, 0.1) is 10.1 Å². The van der Waals surface area contributed by atoms with E-state index < -0.39 is 4.92 Å². The summed E-state index contributed by atoms with van der Waals surface area (Å²) in [6, 6.07) is 7.22. The molecule has 0 radical (unpaired) electrons. The van der Waals surface area contributed by atoms with E-state index in [2.05, 4.69) is 15.3 Å². The molecule has 1 aliphatic carbocycles. The van der Waals surface area contributed by atoms with E-state index in [4.69, 9.17) is 9.47 Å².